The number of carbonyl (C=O) groups excluding carboxylic acids is 1. The number of amides is 1. The molecule has 1 aliphatic heterocycles. The van der Waals surface area contributed by atoms with E-state index in [0.29, 0.717) is 30.0 Å². The Morgan fingerprint density at radius 2 is 1.91 bits per heavy atom. The molecule has 0 spiro atoms. The van der Waals surface area contributed by atoms with E-state index in [4.69, 9.17) is 4.42 Å². The fraction of sp³-hybridized carbons (Fsp3) is 0.261. The van der Waals surface area contributed by atoms with Crippen molar-refractivity contribution < 1.29 is 18.0 Å². The molecule has 3 heterocycles. The largest absolute Gasteiger partial charge is 0.451 e. The van der Waals surface area contributed by atoms with E-state index in [1.807, 2.05) is 25.1 Å². The highest BCUT2D eigenvalue weighted by molar-refractivity contribution is 8.00. The van der Waals surface area contributed by atoms with E-state index in [1.54, 1.807) is 11.0 Å². The molecule has 10 heteroatoms. The molecule has 0 atom stereocenters. The summed E-state index contributed by atoms with van der Waals surface area (Å²) in [6, 6.07) is 9.64. The number of fused-ring (bicyclic) bond motifs is 1. The molecule has 2 aromatic carbocycles. The molecular formula is C23H20F2N4O2S2. The number of thioether (sulfide) groups is 1. The lowest BCUT2D eigenvalue weighted by Crippen LogP contribution is -2.21. The quantitative estimate of drug-likeness (QED) is 0.336. The molecule has 1 N–H and O–H groups in total. The molecule has 0 aliphatic carbocycles. The minimum atomic E-state index is -0.695. The summed E-state index contributed by atoms with van der Waals surface area (Å²) in [5.74, 6) is -1.42. The molecule has 33 heavy (non-hydrogen) atoms. The predicted molar refractivity (Wildman–Crippen MR) is 126 cm³/mol. The molecule has 170 valence electrons. The van der Waals surface area contributed by atoms with Gasteiger partial charge in [-0.25, -0.2) is 8.78 Å². The molecule has 2 aromatic heterocycles. The second-order valence-electron chi connectivity index (χ2n) is 7.72. The molecule has 1 aliphatic rings. The van der Waals surface area contributed by atoms with E-state index in [2.05, 4.69) is 15.5 Å². The van der Waals surface area contributed by atoms with Crippen molar-refractivity contribution >= 4 is 51.3 Å². The lowest BCUT2D eigenvalue weighted by Gasteiger charge is -2.19. The summed E-state index contributed by atoms with van der Waals surface area (Å²) in [4.78, 5) is 14.8. The number of furan rings is 1. The van der Waals surface area contributed by atoms with E-state index in [-0.39, 0.29) is 17.1 Å². The predicted octanol–water partition coefficient (Wildman–Crippen LogP) is 6.02. The number of aryl methyl sites for hydroxylation is 1. The molecule has 0 radical (unpaired) electrons. The summed E-state index contributed by atoms with van der Waals surface area (Å²) >= 11 is 2.92. The average Bonchev–Trinajstić information content (AvgIpc) is 3.52. The number of para-hydroxylation sites is 1. The second-order valence-corrected chi connectivity index (χ2v) is 10.1. The van der Waals surface area contributed by atoms with Gasteiger partial charge in [-0.1, -0.05) is 41.3 Å². The first-order chi connectivity index (χ1) is 16.0. The summed E-state index contributed by atoms with van der Waals surface area (Å²) in [5.41, 5.74) is 1.25. The van der Waals surface area contributed by atoms with E-state index in [1.165, 1.54) is 23.1 Å². The first-order valence-electron chi connectivity index (χ1n) is 10.5. The zero-order chi connectivity index (χ0) is 22.9. The Labute approximate surface area is 197 Å². The smallest absolute Gasteiger partial charge is 0.291 e. The van der Waals surface area contributed by atoms with E-state index < -0.39 is 17.5 Å². The van der Waals surface area contributed by atoms with Crippen LogP contribution in [0.4, 0.5) is 20.2 Å². The zero-order valence-corrected chi connectivity index (χ0v) is 19.4. The Balaban J connectivity index is 1.42. The van der Waals surface area contributed by atoms with Gasteiger partial charge < -0.3 is 14.6 Å². The van der Waals surface area contributed by atoms with Gasteiger partial charge in [0.1, 0.15) is 16.3 Å². The average molecular weight is 487 g/mol. The zero-order valence-electron chi connectivity index (χ0n) is 17.7. The highest BCUT2D eigenvalue weighted by atomic mass is 32.2. The maximum Gasteiger partial charge on any atom is 0.291 e. The third-order valence-corrected chi connectivity index (χ3v) is 7.45. The van der Waals surface area contributed by atoms with Crippen LogP contribution in [0.15, 0.2) is 45.2 Å². The van der Waals surface area contributed by atoms with Crippen LogP contribution in [0.5, 0.6) is 0 Å². The lowest BCUT2D eigenvalue weighted by molar-refractivity contribution is 0.0998. The van der Waals surface area contributed by atoms with Crippen LogP contribution in [0, 0.1) is 18.6 Å². The molecule has 1 saturated heterocycles. The van der Waals surface area contributed by atoms with Crippen LogP contribution >= 0.6 is 23.1 Å². The highest BCUT2D eigenvalue weighted by Gasteiger charge is 2.24. The van der Waals surface area contributed by atoms with Gasteiger partial charge in [0.15, 0.2) is 21.7 Å². The number of rotatable bonds is 6. The summed E-state index contributed by atoms with van der Waals surface area (Å²) in [6.45, 7) is 3.11. The fourth-order valence-electron chi connectivity index (χ4n) is 3.96. The van der Waals surface area contributed by atoms with Crippen LogP contribution in [0.2, 0.25) is 0 Å². The first kappa shape index (κ1) is 21.8. The molecule has 1 amide bonds. The normalized spacial score (nSPS) is 13.7. The minimum Gasteiger partial charge on any atom is -0.451 e. The number of hydrogen-bond donors (Lipinski definition) is 1. The van der Waals surface area contributed by atoms with Crippen molar-refractivity contribution in [3.63, 3.8) is 0 Å². The third-order valence-electron chi connectivity index (χ3n) is 5.45. The van der Waals surface area contributed by atoms with Crippen molar-refractivity contribution in [2.75, 3.05) is 23.3 Å². The number of halogens is 2. The van der Waals surface area contributed by atoms with Gasteiger partial charge in [-0.15, -0.1) is 10.2 Å². The number of anilines is 2. The van der Waals surface area contributed by atoms with Crippen LogP contribution < -0.4 is 10.2 Å². The van der Waals surface area contributed by atoms with Crippen LogP contribution in [-0.2, 0) is 5.75 Å². The molecule has 6 nitrogen and oxygen atoms in total. The number of carbonyl (C=O) groups is 1. The third kappa shape index (κ3) is 4.45. The second kappa shape index (κ2) is 9.11. The van der Waals surface area contributed by atoms with Gasteiger partial charge in [-0.2, -0.15) is 0 Å². The van der Waals surface area contributed by atoms with Crippen molar-refractivity contribution in [3.05, 3.63) is 64.4 Å². The van der Waals surface area contributed by atoms with E-state index in [9.17, 15) is 13.6 Å². The highest BCUT2D eigenvalue weighted by Crippen LogP contribution is 2.34. The maximum absolute atomic E-state index is 14.7. The number of nitrogens with one attached hydrogen (secondary N) is 1. The number of aromatic nitrogens is 2. The van der Waals surface area contributed by atoms with Gasteiger partial charge in [0.2, 0.25) is 0 Å². The Morgan fingerprint density at radius 3 is 2.61 bits per heavy atom. The number of benzene rings is 2. The van der Waals surface area contributed by atoms with E-state index in [0.717, 1.165) is 39.7 Å². The number of nitrogens with zero attached hydrogens (tertiary/aromatic N) is 3. The molecule has 4 aromatic rings. The summed E-state index contributed by atoms with van der Waals surface area (Å²) in [7, 11) is 0. The Hall–Kier alpha value is -2.98. The maximum atomic E-state index is 14.7. The van der Waals surface area contributed by atoms with Crippen molar-refractivity contribution in [2.45, 2.75) is 29.9 Å². The topological polar surface area (TPSA) is 71.3 Å². The van der Waals surface area contributed by atoms with Crippen LogP contribution in [-0.4, -0.2) is 29.2 Å². The first-order valence-corrected chi connectivity index (χ1v) is 12.3. The van der Waals surface area contributed by atoms with Gasteiger partial charge in [0.25, 0.3) is 5.91 Å². The fourth-order valence-corrected chi connectivity index (χ4v) is 5.81. The van der Waals surface area contributed by atoms with Crippen molar-refractivity contribution in [1.29, 1.82) is 0 Å². The van der Waals surface area contributed by atoms with Gasteiger partial charge in [0.05, 0.1) is 0 Å². The Morgan fingerprint density at radius 1 is 1.18 bits per heavy atom. The summed E-state index contributed by atoms with van der Waals surface area (Å²) in [5, 5.41) is 12.4. The van der Waals surface area contributed by atoms with Crippen LogP contribution in [0.25, 0.3) is 11.0 Å². The van der Waals surface area contributed by atoms with Crippen molar-refractivity contribution in [2.24, 2.45) is 0 Å². The molecular weight excluding hydrogens is 466 g/mol. The van der Waals surface area contributed by atoms with Crippen molar-refractivity contribution in [3.8, 4) is 0 Å². The Bertz CT molecular complexity index is 1310. The molecule has 0 saturated carbocycles. The van der Waals surface area contributed by atoms with Gasteiger partial charge in [0, 0.05) is 35.5 Å². The summed E-state index contributed by atoms with van der Waals surface area (Å²) in [6.07, 6.45) is 1.81. The lowest BCUT2D eigenvalue weighted by atomic mass is 10.1. The monoisotopic (exact) mass is 486 g/mol. The molecule has 5 rings (SSSR count). The van der Waals surface area contributed by atoms with Gasteiger partial charge in [-0.05, 0) is 38.0 Å². The van der Waals surface area contributed by atoms with Gasteiger partial charge >= 0.3 is 0 Å². The molecule has 1 fully saturated rings. The molecule has 0 bridgehead atoms. The van der Waals surface area contributed by atoms with E-state index >= 15 is 0 Å². The van der Waals surface area contributed by atoms with Crippen LogP contribution in [0.3, 0.4) is 0 Å². The van der Waals surface area contributed by atoms with Crippen molar-refractivity contribution in [1.82, 2.24) is 10.2 Å². The standard InChI is InChI=1S/C23H20F2N4O2S2/c1-13-27-28-23(33-13)32-12-16-15-6-2-3-7-19(15)31-21(16)22(30)26-14-10-17(24)20(18(25)11-14)29-8-4-5-9-29/h2-3,6-7,10-11H,4-5,8-9,12H2,1H3,(H,26,30). The van der Waals surface area contributed by atoms with Gasteiger partial charge in [-0.3, -0.25) is 4.79 Å². The Kier molecular flexibility index (Phi) is 6.03. The van der Waals surface area contributed by atoms with Crippen LogP contribution in [0.1, 0.15) is 34.0 Å². The summed E-state index contributed by atoms with van der Waals surface area (Å²) < 4.78 is 36.0. The SMILES string of the molecule is Cc1nnc(SCc2c(C(=O)Nc3cc(F)c(N4CCCC4)c(F)c3)oc3ccccc23)s1. The molecule has 0 unspecified atom stereocenters. The number of hydrogen-bond acceptors (Lipinski definition) is 7. The minimum absolute atomic E-state index is 0.0387.